The summed E-state index contributed by atoms with van der Waals surface area (Å²) in [6, 6.07) is 4.84. The molecule has 0 spiro atoms. The van der Waals surface area contributed by atoms with Gasteiger partial charge in [-0.1, -0.05) is 310 Å². The van der Waals surface area contributed by atoms with Crippen molar-refractivity contribution < 1.29 is 5.11 Å². The van der Waals surface area contributed by atoms with Gasteiger partial charge in [-0.25, -0.2) is 0 Å². The van der Waals surface area contributed by atoms with Crippen LogP contribution in [0.3, 0.4) is 0 Å². The molecular formula is C58H110O. The molecule has 0 fully saturated rings. The number of phenolic OH excluding ortho intramolecular Hbond substituents is 1. The zero-order valence-corrected chi connectivity index (χ0v) is 41.6. The van der Waals surface area contributed by atoms with E-state index in [9.17, 15) is 5.11 Å². The molecule has 1 nitrogen and oxygen atoms in total. The van der Waals surface area contributed by atoms with Gasteiger partial charge in [0, 0.05) is 0 Å². The van der Waals surface area contributed by atoms with Gasteiger partial charge in [-0.2, -0.15) is 0 Å². The first-order valence-corrected chi connectivity index (χ1v) is 27.9. The highest BCUT2D eigenvalue weighted by atomic mass is 16.3. The minimum absolute atomic E-state index is 0.441. The van der Waals surface area contributed by atoms with Crippen molar-refractivity contribution in [2.45, 2.75) is 335 Å². The van der Waals surface area contributed by atoms with E-state index in [-0.39, 0.29) is 0 Å². The van der Waals surface area contributed by atoms with Crippen LogP contribution in [0.4, 0.5) is 0 Å². The summed E-state index contributed by atoms with van der Waals surface area (Å²) in [7, 11) is 0. The van der Waals surface area contributed by atoms with E-state index in [1.165, 1.54) is 306 Å². The Balaban J connectivity index is 2.44. The lowest BCUT2D eigenvalue weighted by molar-refractivity contribution is 0.440. The second-order valence-electron chi connectivity index (χ2n) is 20.0. The van der Waals surface area contributed by atoms with Crippen molar-refractivity contribution in [2.24, 2.45) is 0 Å². The van der Waals surface area contributed by atoms with Gasteiger partial charge in [-0.05, 0) is 54.2 Å². The maximum absolute atomic E-state index is 11.8. The number of unbranched alkanes of at least 4 members (excludes halogenated alkanes) is 39. The Bertz CT molecular complexity index is 917. The van der Waals surface area contributed by atoms with Gasteiger partial charge in [0.05, 0.1) is 0 Å². The normalized spacial score (nSPS) is 12.8. The average molecular weight is 824 g/mol. The first-order chi connectivity index (χ1) is 29.0. The fourth-order valence-corrected chi connectivity index (χ4v) is 9.76. The Kier molecular flexibility index (Phi) is 41.5. The molecule has 1 N–H and O–H groups in total. The second kappa shape index (κ2) is 43.7. The van der Waals surface area contributed by atoms with E-state index in [1.807, 2.05) is 0 Å². The lowest BCUT2D eigenvalue weighted by atomic mass is 9.85. The van der Waals surface area contributed by atoms with Crippen molar-refractivity contribution in [1.82, 2.24) is 0 Å². The Labute approximate surface area is 373 Å². The topological polar surface area (TPSA) is 20.2 Å². The maximum Gasteiger partial charge on any atom is 0.122 e. The molecule has 0 bridgehead atoms. The summed E-state index contributed by atoms with van der Waals surface area (Å²) >= 11 is 0. The van der Waals surface area contributed by atoms with Crippen molar-refractivity contribution >= 4 is 0 Å². The third-order valence-electron chi connectivity index (χ3n) is 14.1. The molecule has 348 valence electrons. The number of aromatic hydroxyl groups is 1. The summed E-state index contributed by atoms with van der Waals surface area (Å²) in [4.78, 5) is 0. The van der Waals surface area contributed by atoms with Crippen molar-refractivity contribution in [1.29, 1.82) is 0 Å². The molecule has 1 heteroatoms. The van der Waals surface area contributed by atoms with Crippen LogP contribution in [-0.4, -0.2) is 5.11 Å². The van der Waals surface area contributed by atoms with Crippen LogP contribution in [0, 0.1) is 0 Å². The highest BCUT2D eigenvalue weighted by molar-refractivity contribution is 5.47. The molecule has 0 aromatic heterocycles. The van der Waals surface area contributed by atoms with Crippen LogP contribution in [0.1, 0.15) is 346 Å². The van der Waals surface area contributed by atoms with E-state index in [0.717, 1.165) is 0 Å². The largest absolute Gasteiger partial charge is 0.507 e. The maximum atomic E-state index is 11.8. The smallest absolute Gasteiger partial charge is 0.122 e. The van der Waals surface area contributed by atoms with E-state index < -0.39 is 0 Å². The Hall–Kier alpha value is -0.980. The van der Waals surface area contributed by atoms with E-state index in [1.54, 1.807) is 0 Å². The summed E-state index contributed by atoms with van der Waals surface area (Å²) < 4.78 is 0. The van der Waals surface area contributed by atoms with Crippen molar-refractivity contribution in [3.05, 3.63) is 28.8 Å². The Morgan fingerprint density at radius 2 is 0.508 bits per heavy atom. The molecule has 0 radical (unpaired) electrons. The fourth-order valence-electron chi connectivity index (χ4n) is 9.76. The van der Waals surface area contributed by atoms with Crippen molar-refractivity contribution in [3.8, 4) is 5.75 Å². The lowest BCUT2D eigenvalue weighted by Gasteiger charge is -2.22. The molecule has 1 aromatic rings. The van der Waals surface area contributed by atoms with Crippen molar-refractivity contribution in [2.75, 3.05) is 0 Å². The minimum atomic E-state index is 0.441. The van der Waals surface area contributed by atoms with Gasteiger partial charge in [0.25, 0.3) is 0 Å². The summed E-state index contributed by atoms with van der Waals surface area (Å²) in [5, 5.41) is 11.8. The van der Waals surface area contributed by atoms with Gasteiger partial charge >= 0.3 is 0 Å². The average Bonchev–Trinajstić information content (AvgIpc) is 3.24. The van der Waals surface area contributed by atoms with Crippen LogP contribution in [0.15, 0.2) is 12.1 Å². The predicted molar refractivity (Wildman–Crippen MR) is 269 cm³/mol. The van der Waals surface area contributed by atoms with Crippen LogP contribution in [0.5, 0.6) is 5.75 Å². The van der Waals surface area contributed by atoms with E-state index >= 15 is 0 Å². The van der Waals surface area contributed by atoms with Gasteiger partial charge in [-0.3, -0.25) is 0 Å². The molecule has 2 atom stereocenters. The fraction of sp³-hybridized carbons (Fsp3) is 0.897. The van der Waals surface area contributed by atoms with E-state index in [2.05, 4.69) is 46.8 Å². The monoisotopic (exact) mass is 823 g/mol. The zero-order chi connectivity index (χ0) is 42.7. The third kappa shape index (κ3) is 34.2. The highest BCUT2D eigenvalue weighted by Gasteiger charge is 2.19. The Morgan fingerprint density at radius 1 is 0.305 bits per heavy atom. The van der Waals surface area contributed by atoms with E-state index in [0.29, 0.717) is 17.6 Å². The number of phenols is 1. The van der Waals surface area contributed by atoms with Gasteiger partial charge in [0.2, 0.25) is 0 Å². The summed E-state index contributed by atoms with van der Waals surface area (Å²) in [6.45, 7) is 11.7. The highest BCUT2D eigenvalue weighted by Crippen LogP contribution is 2.39. The third-order valence-corrected chi connectivity index (χ3v) is 14.1. The van der Waals surface area contributed by atoms with Gasteiger partial charge in [-0.15, -0.1) is 0 Å². The predicted octanol–water partition coefficient (Wildman–Crippen LogP) is 21.4. The van der Waals surface area contributed by atoms with Gasteiger partial charge in [0.15, 0.2) is 0 Å². The minimum Gasteiger partial charge on any atom is -0.507 e. The Morgan fingerprint density at radius 3 is 0.746 bits per heavy atom. The summed E-state index contributed by atoms with van der Waals surface area (Å²) in [5.74, 6) is 1.52. The first kappa shape index (κ1) is 56.0. The van der Waals surface area contributed by atoms with Crippen LogP contribution >= 0.6 is 0 Å². The zero-order valence-electron chi connectivity index (χ0n) is 41.6. The molecule has 1 rings (SSSR count). The molecule has 0 aliphatic rings. The molecule has 2 unspecified atom stereocenters. The molecule has 0 amide bonds. The number of hydrogen-bond acceptors (Lipinski definition) is 1. The molecule has 0 saturated carbocycles. The lowest BCUT2D eigenvalue weighted by Crippen LogP contribution is -2.03. The molecule has 0 saturated heterocycles. The standard InChI is InChI=1S/C58H110O/c1-6-9-12-15-18-21-24-26-28-30-32-34-36-39-42-45-48-53(4)56-51-55(50-47-44-41-38-23-20-17-14-11-8-3)52-57(58(56)59)54(5)49-46-43-40-37-35-33-31-29-27-25-22-19-16-13-10-7-2/h51-54,59H,6-50H2,1-5H3. The van der Waals surface area contributed by atoms with Gasteiger partial charge < -0.3 is 5.11 Å². The second-order valence-corrected chi connectivity index (χ2v) is 20.0. The molecule has 1 aromatic carbocycles. The van der Waals surface area contributed by atoms with Crippen LogP contribution in [0.2, 0.25) is 0 Å². The van der Waals surface area contributed by atoms with E-state index in [4.69, 9.17) is 0 Å². The molecule has 59 heavy (non-hydrogen) atoms. The number of aryl methyl sites for hydroxylation is 1. The summed E-state index contributed by atoms with van der Waals surface area (Å²) in [5.41, 5.74) is 4.00. The molecule has 0 aliphatic heterocycles. The number of benzene rings is 1. The number of rotatable bonds is 47. The van der Waals surface area contributed by atoms with Crippen LogP contribution in [0.25, 0.3) is 0 Å². The first-order valence-electron chi connectivity index (χ1n) is 27.9. The quantitative estimate of drug-likeness (QED) is 0.0649. The molecular weight excluding hydrogens is 713 g/mol. The number of hydrogen-bond donors (Lipinski definition) is 1. The molecule has 0 aliphatic carbocycles. The van der Waals surface area contributed by atoms with Crippen LogP contribution in [-0.2, 0) is 6.42 Å². The van der Waals surface area contributed by atoms with Crippen molar-refractivity contribution in [3.63, 3.8) is 0 Å². The van der Waals surface area contributed by atoms with Gasteiger partial charge in [0.1, 0.15) is 5.75 Å². The SMILES string of the molecule is CCCCCCCCCCCCCCCCCCC(C)c1cc(CCCCCCCCCCCC)cc(C(C)CCCCCCCCCCCCCCCCCC)c1O. The van der Waals surface area contributed by atoms with Crippen LogP contribution < -0.4 is 0 Å². The summed E-state index contributed by atoms with van der Waals surface area (Å²) in [6.07, 6.45) is 63.0. The molecule has 0 heterocycles.